The number of quaternary nitrogens is 1. The molecule has 0 aliphatic carbocycles. The van der Waals surface area contributed by atoms with Gasteiger partial charge in [0.15, 0.2) is 6.10 Å². The first-order valence-electron chi connectivity index (χ1n) is 3.58. The van der Waals surface area contributed by atoms with Crippen molar-refractivity contribution in [3.63, 3.8) is 0 Å². The van der Waals surface area contributed by atoms with Crippen LogP contribution >= 0.6 is 0 Å². The Morgan fingerprint density at radius 1 is 1.29 bits per heavy atom. The van der Waals surface area contributed by atoms with Crippen molar-refractivity contribution >= 4 is 11.9 Å². The van der Waals surface area contributed by atoms with Crippen molar-refractivity contribution in [2.45, 2.75) is 12.2 Å². The third kappa shape index (κ3) is 7.43. The summed E-state index contributed by atoms with van der Waals surface area (Å²) >= 11 is 0. The molecule has 0 bridgehead atoms. The van der Waals surface area contributed by atoms with Crippen LogP contribution in [-0.4, -0.2) is 57.7 Å². The van der Waals surface area contributed by atoms with Crippen LogP contribution in [0.3, 0.4) is 0 Å². The number of aliphatic carboxylic acids is 2. The van der Waals surface area contributed by atoms with Crippen molar-refractivity contribution in [2.24, 2.45) is 0 Å². The van der Waals surface area contributed by atoms with Crippen molar-refractivity contribution in [1.29, 1.82) is 0 Å². The average Bonchev–Trinajstić information content (AvgIpc) is 2.15. The lowest BCUT2D eigenvalue weighted by Gasteiger charge is -2.13. The number of carbonyl (C=O) groups is 2. The fraction of sp³-hybridized carbons (Fsp3) is 0.667. The number of hydrogen-bond donors (Lipinski definition) is 5. The minimum Gasteiger partial charge on any atom is -0.547 e. The first-order valence-corrected chi connectivity index (χ1v) is 3.58. The molecule has 0 aromatic carbocycles. The van der Waals surface area contributed by atoms with Crippen LogP contribution in [0, 0.1) is 0 Å². The van der Waals surface area contributed by atoms with Gasteiger partial charge in [0.2, 0.25) is 0 Å². The predicted molar refractivity (Wildman–Crippen MR) is 39.5 cm³/mol. The van der Waals surface area contributed by atoms with Crippen molar-refractivity contribution in [3.8, 4) is 0 Å². The second kappa shape index (κ2) is 8.38. The van der Waals surface area contributed by atoms with Gasteiger partial charge < -0.3 is 36.1 Å². The number of carbonyl (C=O) groups excluding carboxylic acids is 1. The molecule has 0 aromatic rings. The van der Waals surface area contributed by atoms with E-state index in [0.717, 1.165) is 0 Å². The molecular weight excluding hydrogens is 198 g/mol. The summed E-state index contributed by atoms with van der Waals surface area (Å²) in [5.74, 6) is -3.83. The number of carboxylic acid groups (broad SMARTS) is 2. The maximum Gasteiger partial charge on any atom is 0.335 e. The molecule has 0 amide bonds. The van der Waals surface area contributed by atoms with Crippen LogP contribution in [0.2, 0.25) is 0 Å². The van der Waals surface area contributed by atoms with Crippen LogP contribution in [0.4, 0.5) is 0 Å². The van der Waals surface area contributed by atoms with Crippen LogP contribution in [0.5, 0.6) is 0 Å². The zero-order valence-corrected chi connectivity index (χ0v) is 7.29. The van der Waals surface area contributed by atoms with Crippen LogP contribution in [0.25, 0.3) is 0 Å². The van der Waals surface area contributed by atoms with Crippen molar-refractivity contribution < 1.29 is 40.9 Å². The Labute approximate surface area is 79.2 Å². The van der Waals surface area contributed by atoms with Crippen LogP contribution in [0.15, 0.2) is 0 Å². The molecule has 8 nitrogen and oxygen atoms in total. The summed E-state index contributed by atoms with van der Waals surface area (Å²) in [6.45, 7) is 0.833. The van der Waals surface area contributed by atoms with Crippen molar-refractivity contribution in [2.75, 3.05) is 13.2 Å². The smallest absolute Gasteiger partial charge is 0.335 e. The molecule has 7 N–H and O–H groups in total. The standard InChI is InChI=1S/C4H6O6.C2H7NO/c5-1(3(7)8)2(6)4(9)10;3-1-2-4/h1-2,5-6H,(H,7,8)(H,9,10);4H,1-3H2. The van der Waals surface area contributed by atoms with E-state index in [1.165, 1.54) is 0 Å². The van der Waals surface area contributed by atoms with E-state index in [1.54, 1.807) is 0 Å². The molecule has 0 fully saturated rings. The number of hydrogen-bond acceptors (Lipinski definition) is 6. The SMILES string of the molecule is O=C([O-])C(O)C(O)C(=O)O.[NH3+]CCO. The molecular formula is C6H13NO7. The lowest BCUT2D eigenvalue weighted by molar-refractivity contribution is -0.372. The molecule has 2 atom stereocenters. The molecule has 2 unspecified atom stereocenters. The van der Waals surface area contributed by atoms with Gasteiger partial charge in [-0.3, -0.25) is 0 Å². The second-order valence-corrected chi connectivity index (χ2v) is 2.12. The van der Waals surface area contributed by atoms with Crippen LogP contribution in [-0.2, 0) is 9.59 Å². The molecule has 0 aliphatic heterocycles. The molecule has 0 rings (SSSR count). The van der Waals surface area contributed by atoms with E-state index >= 15 is 0 Å². The highest BCUT2D eigenvalue weighted by molar-refractivity contribution is 5.81. The molecule has 0 heterocycles. The molecule has 0 radical (unpaired) electrons. The second-order valence-electron chi connectivity index (χ2n) is 2.12. The maximum atomic E-state index is 9.74. The van der Waals surface area contributed by atoms with Gasteiger partial charge in [-0.2, -0.15) is 0 Å². The molecule has 84 valence electrons. The largest absolute Gasteiger partial charge is 0.547 e. The van der Waals surface area contributed by atoms with E-state index in [9.17, 15) is 14.7 Å². The van der Waals surface area contributed by atoms with Gasteiger partial charge in [-0.1, -0.05) is 0 Å². The Hall–Kier alpha value is -1.22. The number of rotatable bonds is 4. The predicted octanol–water partition coefficient (Wildman–Crippen LogP) is -5.24. The minimum absolute atomic E-state index is 0.208. The summed E-state index contributed by atoms with van der Waals surface area (Å²) in [4.78, 5) is 19.4. The van der Waals surface area contributed by atoms with Crippen LogP contribution < -0.4 is 10.8 Å². The maximum absolute atomic E-state index is 9.74. The Balaban J connectivity index is 0. The first-order chi connectivity index (χ1) is 6.38. The zero-order valence-electron chi connectivity index (χ0n) is 7.29. The monoisotopic (exact) mass is 211 g/mol. The van der Waals surface area contributed by atoms with E-state index in [-0.39, 0.29) is 6.61 Å². The van der Waals surface area contributed by atoms with Gasteiger partial charge in [0.05, 0.1) is 19.1 Å². The van der Waals surface area contributed by atoms with Crippen molar-refractivity contribution in [1.82, 2.24) is 0 Å². The molecule has 0 saturated heterocycles. The lowest BCUT2D eigenvalue weighted by Crippen LogP contribution is -2.51. The Morgan fingerprint density at radius 3 is 1.71 bits per heavy atom. The Morgan fingerprint density at radius 2 is 1.64 bits per heavy atom. The normalized spacial score (nSPS) is 13.4. The lowest BCUT2D eigenvalue weighted by atomic mass is 10.2. The van der Waals surface area contributed by atoms with E-state index in [0.29, 0.717) is 6.54 Å². The number of carboxylic acids is 2. The van der Waals surface area contributed by atoms with E-state index in [4.69, 9.17) is 20.4 Å². The van der Waals surface area contributed by atoms with Crippen LogP contribution in [0.1, 0.15) is 0 Å². The number of aliphatic hydroxyl groups excluding tert-OH is 3. The van der Waals surface area contributed by atoms with Gasteiger partial charge in [0, 0.05) is 0 Å². The number of aliphatic hydroxyl groups is 3. The summed E-state index contributed by atoms with van der Waals surface area (Å²) < 4.78 is 0. The summed E-state index contributed by atoms with van der Waals surface area (Å²) in [7, 11) is 0. The quantitative estimate of drug-likeness (QED) is 0.309. The van der Waals surface area contributed by atoms with Gasteiger partial charge in [0.25, 0.3) is 0 Å². The molecule has 14 heavy (non-hydrogen) atoms. The highest BCUT2D eigenvalue weighted by Gasteiger charge is 2.23. The topological polar surface area (TPSA) is 166 Å². The van der Waals surface area contributed by atoms with E-state index in [2.05, 4.69) is 5.73 Å². The molecule has 0 aliphatic rings. The van der Waals surface area contributed by atoms with Gasteiger partial charge in [-0.25, -0.2) is 4.79 Å². The summed E-state index contributed by atoms with van der Waals surface area (Å²) in [5, 5.41) is 41.9. The van der Waals surface area contributed by atoms with E-state index < -0.39 is 24.1 Å². The average molecular weight is 211 g/mol. The molecule has 0 spiro atoms. The van der Waals surface area contributed by atoms with Crippen molar-refractivity contribution in [3.05, 3.63) is 0 Å². The fourth-order valence-electron chi connectivity index (χ4n) is 0.264. The fourth-order valence-corrected chi connectivity index (χ4v) is 0.264. The van der Waals surface area contributed by atoms with Gasteiger partial charge >= 0.3 is 5.97 Å². The highest BCUT2D eigenvalue weighted by atomic mass is 16.4. The van der Waals surface area contributed by atoms with Gasteiger partial charge in [-0.05, 0) is 0 Å². The highest BCUT2D eigenvalue weighted by Crippen LogP contribution is 1.90. The zero-order chi connectivity index (χ0) is 11.7. The summed E-state index contributed by atoms with van der Waals surface area (Å²) in [6.07, 6.45) is -4.71. The van der Waals surface area contributed by atoms with Gasteiger partial charge in [0.1, 0.15) is 6.10 Å². The summed E-state index contributed by atoms with van der Waals surface area (Å²) in [6, 6.07) is 0. The van der Waals surface area contributed by atoms with Gasteiger partial charge in [-0.15, -0.1) is 0 Å². The third-order valence-corrected chi connectivity index (χ3v) is 0.952. The summed E-state index contributed by atoms with van der Waals surface area (Å²) in [5.41, 5.74) is 3.35. The minimum atomic E-state index is -2.38. The molecule has 0 aromatic heterocycles. The molecule has 8 heteroatoms. The third-order valence-electron chi connectivity index (χ3n) is 0.952. The molecule has 0 saturated carbocycles. The Kier molecular flexibility index (Phi) is 9.14. The Bertz CT molecular complexity index is 163. The van der Waals surface area contributed by atoms with E-state index in [1.807, 2.05) is 0 Å². The first kappa shape index (κ1) is 15.3.